The smallest absolute Gasteiger partial charge is 0.245 e. The molecule has 1 aliphatic rings. The topological polar surface area (TPSA) is 54.7 Å². The molecule has 4 nitrogen and oxygen atoms in total. The number of thiazole rings is 1. The van der Waals surface area contributed by atoms with E-state index in [4.69, 9.17) is 0 Å². The summed E-state index contributed by atoms with van der Waals surface area (Å²) in [6.07, 6.45) is 0. The monoisotopic (exact) mass is 215 g/mol. The lowest BCUT2D eigenvalue weighted by Crippen LogP contribution is -2.23. The molecule has 0 radical (unpaired) electrons. The SMILES string of the molecule is O=C1N=c2cccc(-c3cscn3)c2=N1. The van der Waals surface area contributed by atoms with Crippen LogP contribution in [0.5, 0.6) is 0 Å². The van der Waals surface area contributed by atoms with Crippen molar-refractivity contribution < 1.29 is 4.79 Å². The second-order valence-corrected chi connectivity index (χ2v) is 3.77. The summed E-state index contributed by atoms with van der Waals surface area (Å²) < 4.78 is 0. The Kier molecular flexibility index (Phi) is 1.72. The van der Waals surface area contributed by atoms with Gasteiger partial charge in [-0.1, -0.05) is 12.1 Å². The van der Waals surface area contributed by atoms with E-state index < -0.39 is 6.03 Å². The van der Waals surface area contributed by atoms with E-state index in [1.165, 1.54) is 11.3 Å². The highest BCUT2D eigenvalue weighted by atomic mass is 32.1. The zero-order valence-electron chi connectivity index (χ0n) is 7.54. The summed E-state index contributed by atoms with van der Waals surface area (Å²) in [6, 6.07) is 5.09. The largest absolute Gasteiger partial charge is 0.368 e. The molecule has 0 unspecified atom stereocenters. The van der Waals surface area contributed by atoms with E-state index in [0.717, 1.165) is 11.3 Å². The molecule has 1 aromatic carbocycles. The number of carbonyl (C=O) groups excluding carboxylic acids is 1. The number of benzene rings is 1. The quantitative estimate of drug-likeness (QED) is 0.717. The molecule has 3 rings (SSSR count). The van der Waals surface area contributed by atoms with Crippen molar-refractivity contribution in [1.82, 2.24) is 4.98 Å². The summed E-state index contributed by atoms with van der Waals surface area (Å²) in [5, 5.41) is 3.19. The fourth-order valence-electron chi connectivity index (χ4n) is 1.51. The summed E-state index contributed by atoms with van der Waals surface area (Å²) in [6.45, 7) is 0. The van der Waals surface area contributed by atoms with Gasteiger partial charge in [-0.15, -0.1) is 11.3 Å². The van der Waals surface area contributed by atoms with Crippen LogP contribution in [-0.4, -0.2) is 11.0 Å². The lowest BCUT2D eigenvalue weighted by atomic mass is 10.1. The Morgan fingerprint density at radius 1 is 1.20 bits per heavy atom. The highest BCUT2D eigenvalue weighted by Gasteiger charge is 2.10. The maximum Gasteiger partial charge on any atom is 0.368 e. The molecule has 0 fully saturated rings. The van der Waals surface area contributed by atoms with Gasteiger partial charge in [-0.3, -0.25) is 0 Å². The lowest BCUT2D eigenvalue weighted by Gasteiger charge is -1.93. The Labute approximate surface area is 88.7 Å². The van der Waals surface area contributed by atoms with Crippen LogP contribution in [0.4, 0.5) is 4.79 Å². The summed E-state index contributed by atoms with van der Waals surface area (Å²) in [4.78, 5) is 22.9. The van der Waals surface area contributed by atoms with Gasteiger partial charge >= 0.3 is 6.03 Å². The molecule has 1 aromatic heterocycles. The van der Waals surface area contributed by atoms with Gasteiger partial charge in [0.05, 0.1) is 16.6 Å². The van der Waals surface area contributed by atoms with E-state index in [9.17, 15) is 4.79 Å². The van der Waals surface area contributed by atoms with Gasteiger partial charge in [-0.05, 0) is 6.07 Å². The number of para-hydroxylation sites is 1. The number of urea groups is 1. The van der Waals surface area contributed by atoms with Crippen molar-refractivity contribution in [3.8, 4) is 11.3 Å². The predicted octanol–water partition coefficient (Wildman–Crippen LogP) is 1.18. The van der Waals surface area contributed by atoms with Crippen molar-refractivity contribution in [2.24, 2.45) is 9.98 Å². The summed E-state index contributed by atoms with van der Waals surface area (Å²) in [5.41, 5.74) is 3.46. The molecule has 0 N–H and O–H groups in total. The number of aromatic nitrogens is 1. The van der Waals surface area contributed by atoms with Crippen LogP contribution in [0.2, 0.25) is 0 Å². The number of amides is 2. The van der Waals surface area contributed by atoms with Gasteiger partial charge in [0, 0.05) is 10.9 Å². The minimum atomic E-state index is -0.437. The number of fused-ring (bicyclic) bond motifs is 1. The molecule has 15 heavy (non-hydrogen) atoms. The molecule has 72 valence electrons. The van der Waals surface area contributed by atoms with E-state index in [1.54, 1.807) is 11.6 Å². The first-order chi connectivity index (χ1) is 7.34. The average molecular weight is 215 g/mol. The average Bonchev–Trinajstić information content (AvgIpc) is 2.82. The van der Waals surface area contributed by atoms with Gasteiger partial charge in [-0.25, -0.2) is 9.78 Å². The third-order valence-corrected chi connectivity index (χ3v) is 2.73. The van der Waals surface area contributed by atoms with Crippen molar-refractivity contribution in [1.29, 1.82) is 0 Å². The van der Waals surface area contributed by atoms with E-state index in [1.807, 2.05) is 17.5 Å². The van der Waals surface area contributed by atoms with Crippen molar-refractivity contribution in [3.63, 3.8) is 0 Å². The summed E-state index contributed by atoms with van der Waals surface area (Å²) in [7, 11) is 0. The van der Waals surface area contributed by atoms with Crippen LogP contribution >= 0.6 is 11.3 Å². The highest BCUT2D eigenvalue weighted by Crippen LogP contribution is 2.14. The van der Waals surface area contributed by atoms with E-state index >= 15 is 0 Å². The maximum absolute atomic E-state index is 11.1. The normalized spacial score (nSPS) is 13.2. The minimum Gasteiger partial charge on any atom is -0.245 e. The van der Waals surface area contributed by atoms with E-state index in [-0.39, 0.29) is 0 Å². The second-order valence-electron chi connectivity index (χ2n) is 3.05. The molecular weight excluding hydrogens is 210 g/mol. The first kappa shape index (κ1) is 8.43. The van der Waals surface area contributed by atoms with Gasteiger partial charge in [0.1, 0.15) is 5.36 Å². The van der Waals surface area contributed by atoms with Gasteiger partial charge < -0.3 is 0 Å². The van der Waals surface area contributed by atoms with Crippen LogP contribution in [0, 0.1) is 0 Å². The third-order valence-electron chi connectivity index (χ3n) is 2.15. The fraction of sp³-hybridized carbons (Fsp3) is 0. The number of nitrogens with zero attached hydrogens (tertiary/aromatic N) is 3. The Morgan fingerprint density at radius 3 is 2.93 bits per heavy atom. The zero-order chi connectivity index (χ0) is 10.3. The van der Waals surface area contributed by atoms with E-state index in [2.05, 4.69) is 15.0 Å². The van der Waals surface area contributed by atoms with Crippen LogP contribution < -0.4 is 10.7 Å². The standard InChI is InChI=1S/C10H5N3OS/c14-10-12-7-3-1-2-6(9(7)13-10)8-4-15-5-11-8/h1-5H. The van der Waals surface area contributed by atoms with Crippen molar-refractivity contribution in [2.75, 3.05) is 0 Å². The molecule has 2 aromatic rings. The van der Waals surface area contributed by atoms with E-state index in [0.29, 0.717) is 10.7 Å². The lowest BCUT2D eigenvalue weighted by molar-refractivity contribution is 0.256. The van der Waals surface area contributed by atoms with Crippen LogP contribution in [0.25, 0.3) is 11.3 Å². The Bertz CT molecular complexity index is 646. The Balaban J connectivity index is 2.39. The van der Waals surface area contributed by atoms with Crippen LogP contribution in [-0.2, 0) is 0 Å². The summed E-state index contributed by atoms with van der Waals surface area (Å²) >= 11 is 1.51. The van der Waals surface area contributed by atoms with Gasteiger partial charge in [-0.2, -0.15) is 9.98 Å². The molecule has 5 heteroatoms. The molecule has 0 saturated carbocycles. The maximum atomic E-state index is 11.1. The fourth-order valence-corrected chi connectivity index (χ4v) is 2.07. The van der Waals surface area contributed by atoms with Crippen molar-refractivity contribution in [2.45, 2.75) is 0 Å². The molecule has 1 aliphatic heterocycles. The molecule has 0 bridgehead atoms. The molecule has 0 spiro atoms. The summed E-state index contributed by atoms with van der Waals surface area (Å²) in [5.74, 6) is 0. The number of hydrogen-bond donors (Lipinski definition) is 0. The number of carbonyl (C=O) groups is 1. The number of rotatable bonds is 1. The highest BCUT2D eigenvalue weighted by molar-refractivity contribution is 7.07. The minimum absolute atomic E-state index is 0.437. The van der Waals surface area contributed by atoms with Crippen LogP contribution in [0.15, 0.2) is 39.1 Å². The molecule has 0 saturated heterocycles. The Morgan fingerprint density at radius 2 is 2.13 bits per heavy atom. The zero-order valence-corrected chi connectivity index (χ0v) is 8.36. The van der Waals surface area contributed by atoms with Gasteiger partial charge in [0.25, 0.3) is 0 Å². The van der Waals surface area contributed by atoms with Crippen LogP contribution in [0.1, 0.15) is 0 Å². The first-order valence-corrected chi connectivity index (χ1v) is 5.28. The molecule has 0 aliphatic carbocycles. The van der Waals surface area contributed by atoms with Gasteiger partial charge in [0.15, 0.2) is 0 Å². The van der Waals surface area contributed by atoms with Crippen LogP contribution in [0.3, 0.4) is 0 Å². The Hall–Kier alpha value is -1.88. The van der Waals surface area contributed by atoms with Gasteiger partial charge in [0.2, 0.25) is 0 Å². The first-order valence-electron chi connectivity index (χ1n) is 4.33. The predicted molar refractivity (Wildman–Crippen MR) is 55.3 cm³/mol. The molecule has 2 amide bonds. The van der Waals surface area contributed by atoms with Crippen molar-refractivity contribution in [3.05, 3.63) is 39.8 Å². The third kappa shape index (κ3) is 1.28. The molecular formula is C10H5N3OS. The molecule has 0 atom stereocenters. The van der Waals surface area contributed by atoms with Crippen molar-refractivity contribution >= 4 is 17.4 Å². The number of hydrogen-bond acceptors (Lipinski definition) is 3. The molecule has 2 heterocycles. The second kappa shape index (κ2) is 3.06.